The van der Waals surface area contributed by atoms with Crippen molar-refractivity contribution in [2.24, 2.45) is 0 Å². The summed E-state index contributed by atoms with van der Waals surface area (Å²) < 4.78 is 6.81. The Morgan fingerprint density at radius 1 is 1.28 bits per heavy atom. The van der Waals surface area contributed by atoms with E-state index >= 15 is 0 Å². The zero-order valence-corrected chi connectivity index (χ0v) is 14.6. The predicted octanol–water partition coefficient (Wildman–Crippen LogP) is 2.96. The summed E-state index contributed by atoms with van der Waals surface area (Å²) in [5, 5.41) is 10.9. The van der Waals surface area contributed by atoms with Crippen LogP contribution in [0.1, 0.15) is 48.2 Å². The molecule has 3 rings (SSSR count). The van der Waals surface area contributed by atoms with Gasteiger partial charge in [0.1, 0.15) is 5.75 Å². The second-order valence-electron chi connectivity index (χ2n) is 6.26. The Morgan fingerprint density at radius 3 is 2.84 bits per heavy atom. The predicted molar refractivity (Wildman–Crippen MR) is 95.6 cm³/mol. The van der Waals surface area contributed by atoms with Crippen molar-refractivity contribution in [3.05, 3.63) is 53.4 Å². The summed E-state index contributed by atoms with van der Waals surface area (Å²) in [6, 6.07) is 7.75. The lowest BCUT2D eigenvalue weighted by Gasteiger charge is -2.12. The van der Waals surface area contributed by atoms with Crippen LogP contribution in [0.25, 0.3) is 0 Å². The number of nitrogens with zero attached hydrogens (tertiary/aromatic N) is 3. The van der Waals surface area contributed by atoms with E-state index in [1.165, 1.54) is 24.8 Å². The highest BCUT2D eigenvalue weighted by Crippen LogP contribution is 2.19. The van der Waals surface area contributed by atoms with Gasteiger partial charge in [-0.05, 0) is 49.8 Å². The zero-order valence-electron chi connectivity index (χ0n) is 14.6. The number of rotatable bonds is 7. The van der Waals surface area contributed by atoms with E-state index in [-0.39, 0.29) is 5.91 Å². The van der Waals surface area contributed by atoms with Crippen molar-refractivity contribution in [1.82, 2.24) is 20.3 Å². The van der Waals surface area contributed by atoms with Gasteiger partial charge in [0.05, 0.1) is 19.9 Å². The van der Waals surface area contributed by atoms with Gasteiger partial charge in [-0.25, -0.2) is 4.68 Å². The Morgan fingerprint density at radius 2 is 2.12 bits per heavy atom. The highest BCUT2D eigenvalue weighted by molar-refractivity contribution is 5.91. The van der Waals surface area contributed by atoms with Crippen molar-refractivity contribution < 1.29 is 9.53 Å². The summed E-state index contributed by atoms with van der Waals surface area (Å²) in [5.74, 6) is 0.646. The zero-order chi connectivity index (χ0) is 17.5. The molecule has 0 bridgehead atoms. The van der Waals surface area contributed by atoms with Crippen LogP contribution in [-0.2, 0) is 6.54 Å². The largest absolute Gasteiger partial charge is 0.497 e. The molecule has 0 aliphatic heterocycles. The number of hydrogen-bond donors (Lipinski definition) is 1. The molecule has 1 heterocycles. The number of nitrogens with one attached hydrogen (secondary N) is 1. The maximum atomic E-state index is 12.2. The topological polar surface area (TPSA) is 69.0 Å². The number of benzene rings is 1. The molecule has 1 aromatic carbocycles. The van der Waals surface area contributed by atoms with Crippen LogP contribution in [0, 0.1) is 0 Å². The molecule has 1 N–H and O–H groups in total. The van der Waals surface area contributed by atoms with Crippen LogP contribution in [0.4, 0.5) is 0 Å². The van der Waals surface area contributed by atoms with Crippen molar-refractivity contribution in [1.29, 1.82) is 0 Å². The standard InChI is InChI=1S/C19H24N4O2/c1-25-17-9-7-16(8-10-17)13-23-14-18(21-22-23)19(24)20-12-11-15-5-3-2-4-6-15/h5,7-10,14H,2-4,6,11-13H2,1H3,(H,20,24). The highest BCUT2D eigenvalue weighted by atomic mass is 16.5. The highest BCUT2D eigenvalue weighted by Gasteiger charge is 2.11. The number of carbonyl (C=O) groups excluding carboxylic acids is 1. The molecule has 132 valence electrons. The fourth-order valence-electron chi connectivity index (χ4n) is 2.96. The molecule has 0 unspecified atom stereocenters. The van der Waals surface area contributed by atoms with Crippen molar-refractivity contribution in [3.63, 3.8) is 0 Å². The molecule has 2 aromatic rings. The van der Waals surface area contributed by atoms with E-state index in [4.69, 9.17) is 4.74 Å². The molecule has 1 aliphatic rings. The molecule has 6 nitrogen and oxygen atoms in total. The van der Waals surface area contributed by atoms with Crippen molar-refractivity contribution in [2.45, 2.75) is 38.6 Å². The van der Waals surface area contributed by atoms with Crippen LogP contribution in [0.2, 0.25) is 0 Å². The third-order valence-corrected chi connectivity index (χ3v) is 4.39. The second kappa shape index (κ2) is 8.46. The molecule has 0 saturated carbocycles. The first-order valence-corrected chi connectivity index (χ1v) is 8.74. The molecule has 1 amide bonds. The summed E-state index contributed by atoms with van der Waals surface area (Å²) in [5.41, 5.74) is 2.88. The van der Waals surface area contributed by atoms with Crippen LogP contribution in [0.3, 0.4) is 0 Å². The molecule has 0 atom stereocenters. The number of carbonyl (C=O) groups is 1. The van der Waals surface area contributed by atoms with Gasteiger partial charge in [0.15, 0.2) is 5.69 Å². The minimum Gasteiger partial charge on any atom is -0.497 e. The Bertz CT molecular complexity index is 734. The van der Waals surface area contributed by atoms with E-state index in [1.807, 2.05) is 24.3 Å². The Kier molecular flexibility index (Phi) is 5.82. The molecule has 25 heavy (non-hydrogen) atoms. The number of hydrogen-bond acceptors (Lipinski definition) is 4. The van der Waals surface area contributed by atoms with Gasteiger partial charge in [0, 0.05) is 6.54 Å². The SMILES string of the molecule is COc1ccc(Cn2cc(C(=O)NCCC3=CCCCC3)nn2)cc1. The smallest absolute Gasteiger partial charge is 0.273 e. The number of methoxy groups -OCH3 is 1. The van der Waals surface area contributed by atoms with E-state index in [1.54, 1.807) is 18.0 Å². The lowest BCUT2D eigenvalue weighted by molar-refractivity contribution is 0.0949. The Balaban J connectivity index is 1.49. The third kappa shape index (κ3) is 4.92. The quantitative estimate of drug-likeness (QED) is 0.787. The van der Waals surface area contributed by atoms with E-state index < -0.39 is 0 Å². The fraction of sp³-hybridized carbons (Fsp3) is 0.421. The normalized spacial score (nSPS) is 14.0. The van der Waals surface area contributed by atoms with Crippen LogP contribution in [0.15, 0.2) is 42.1 Å². The Labute approximate surface area is 147 Å². The molecule has 0 spiro atoms. The molecular weight excluding hydrogens is 316 g/mol. The number of aromatic nitrogens is 3. The summed E-state index contributed by atoms with van der Waals surface area (Å²) in [4.78, 5) is 12.2. The minimum atomic E-state index is -0.169. The molecule has 1 aliphatic carbocycles. The average Bonchev–Trinajstić information content (AvgIpc) is 3.12. The van der Waals surface area contributed by atoms with Gasteiger partial charge in [-0.3, -0.25) is 4.79 Å². The van der Waals surface area contributed by atoms with Gasteiger partial charge in [0.25, 0.3) is 5.91 Å². The van der Waals surface area contributed by atoms with Crippen LogP contribution in [-0.4, -0.2) is 34.6 Å². The van der Waals surface area contributed by atoms with Gasteiger partial charge in [-0.2, -0.15) is 0 Å². The van der Waals surface area contributed by atoms with E-state index in [0.717, 1.165) is 24.2 Å². The van der Waals surface area contributed by atoms with Crippen molar-refractivity contribution >= 4 is 5.91 Å². The first-order chi connectivity index (χ1) is 12.2. The van der Waals surface area contributed by atoms with Gasteiger partial charge in [-0.1, -0.05) is 29.0 Å². The van der Waals surface area contributed by atoms with E-state index in [2.05, 4.69) is 21.7 Å². The van der Waals surface area contributed by atoms with E-state index in [9.17, 15) is 4.79 Å². The molecule has 0 fully saturated rings. The fourth-order valence-corrected chi connectivity index (χ4v) is 2.96. The van der Waals surface area contributed by atoms with Crippen molar-refractivity contribution in [2.75, 3.05) is 13.7 Å². The molecular formula is C19H24N4O2. The average molecular weight is 340 g/mol. The van der Waals surface area contributed by atoms with Gasteiger partial charge in [-0.15, -0.1) is 5.10 Å². The summed E-state index contributed by atoms with van der Waals surface area (Å²) >= 11 is 0. The maximum Gasteiger partial charge on any atom is 0.273 e. The summed E-state index contributed by atoms with van der Waals surface area (Å²) in [7, 11) is 1.64. The molecule has 0 radical (unpaired) electrons. The second-order valence-corrected chi connectivity index (χ2v) is 6.26. The Hall–Kier alpha value is -2.63. The molecule has 1 aromatic heterocycles. The van der Waals surface area contributed by atoms with Crippen molar-refractivity contribution in [3.8, 4) is 5.75 Å². The van der Waals surface area contributed by atoms with E-state index in [0.29, 0.717) is 18.8 Å². The first kappa shape index (κ1) is 17.2. The van der Waals surface area contributed by atoms with Gasteiger partial charge in [0.2, 0.25) is 0 Å². The third-order valence-electron chi connectivity index (χ3n) is 4.39. The number of allylic oxidation sites excluding steroid dienone is 1. The summed E-state index contributed by atoms with van der Waals surface area (Å²) in [6.45, 7) is 1.22. The lowest BCUT2D eigenvalue weighted by Crippen LogP contribution is -2.25. The monoisotopic (exact) mass is 340 g/mol. The minimum absolute atomic E-state index is 0.169. The van der Waals surface area contributed by atoms with Crippen LogP contribution in [0.5, 0.6) is 5.75 Å². The maximum absolute atomic E-state index is 12.2. The molecule has 0 saturated heterocycles. The number of ether oxygens (including phenoxy) is 1. The lowest BCUT2D eigenvalue weighted by atomic mass is 9.97. The molecule has 6 heteroatoms. The van der Waals surface area contributed by atoms with Gasteiger partial charge < -0.3 is 10.1 Å². The number of amides is 1. The van der Waals surface area contributed by atoms with Gasteiger partial charge >= 0.3 is 0 Å². The van der Waals surface area contributed by atoms with Crippen LogP contribution < -0.4 is 10.1 Å². The summed E-state index contributed by atoms with van der Waals surface area (Å²) in [6.07, 6.45) is 9.79. The van der Waals surface area contributed by atoms with Crippen LogP contribution >= 0.6 is 0 Å². The first-order valence-electron chi connectivity index (χ1n) is 8.74.